The SMILES string of the molecule is NCC(c1ccc(O)cc1)C1(C(=O)O)CCC1. The zero-order chi connectivity index (χ0) is 12.5. The molecule has 1 fully saturated rings. The fraction of sp³-hybridized carbons (Fsp3) is 0.462. The Kier molecular flexibility index (Phi) is 3.07. The Labute approximate surface area is 100 Å². The molecule has 0 spiro atoms. The molecular weight excluding hydrogens is 218 g/mol. The van der Waals surface area contributed by atoms with Gasteiger partial charge in [0.1, 0.15) is 5.75 Å². The third-order valence-electron chi connectivity index (χ3n) is 3.87. The zero-order valence-electron chi connectivity index (χ0n) is 9.60. The second-order valence-electron chi connectivity index (χ2n) is 4.69. The third kappa shape index (κ3) is 1.89. The second kappa shape index (κ2) is 4.37. The number of phenolic OH excluding ortho intramolecular Hbond substituents is 1. The van der Waals surface area contributed by atoms with Crippen molar-refractivity contribution >= 4 is 5.97 Å². The predicted molar refractivity (Wildman–Crippen MR) is 63.8 cm³/mol. The lowest BCUT2D eigenvalue weighted by Gasteiger charge is -2.44. The predicted octanol–water partition coefficient (Wildman–Crippen LogP) is 1.69. The van der Waals surface area contributed by atoms with Gasteiger partial charge in [-0.2, -0.15) is 0 Å². The summed E-state index contributed by atoms with van der Waals surface area (Å²) in [6.45, 7) is 0.317. The van der Waals surface area contributed by atoms with Gasteiger partial charge in [0, 0.05) is 12.5 Å². The van der Waals surface area contributed by atoms with Crippen LogP contribution < -0.4 is 5.73 Å². The number of carbonyl (C=O) groups is 1. The average Bonchev–Trinajstić information content (AvgIpc) is 2.24. The molecule has 1 aliphatic carbocycles. The first-order valence-electron chi connectivity index (χ1n) is 5.82. The molecule has 1 unspecified atom stereocenters. The lowest BCUT2D eigenvalue weighted by molar-refractivity contribution is -0.156. The number of carboxylic acid groups (broad SMARTS) is 1. The van der Waals surface area contributed by atoms with Crippen LogP contribution in [0, 0.1) is 5.41 Å². The van der Waals surface area contributed by atoms with Crippen LogP contribution in [0.1, 0.15) is 30.7 Å². The van der Waals surface area contributed by atoms with E-state index in [1.54, 1.807) is 24.3 Å². The molecule has 0 bridgehead atoms. The molecule has 1 aromatic rings. The average molecular weight is 235 g/mol. The number of benzene rings is 1. The van der Waals surface area contributed by atoms with Gasteiger partial charge in [0.15, 0.2) is 0 Å². The van der Waals surface area contributed by atoms with E-state index in [1.165, 1.54) is 0 Å². The first-order chi connectivity index (χ1) is 8.10. The summed E-state index contributed by atoms with van der Waals surface area (Å²) >= 11 is 0. The third-order valence-corrected chi connectivity index (χ3v) is 3.87. The number of hydrogen-bond donors (Lipinski definition) is 3. The summed E-state index contributed by atoms with van der Waals surface area (Å²) in [5.41, 5.74) is 5.94. The van der Waals surface area contributed by atoms with Gasteiger partial charge in [-0.05, 0) is 30.5 Å². The maximum Gasteiger partial charge on any atom is 0.310 e. The fourth-order valence-corrected chi connectivity index (χ4v) is 2.66. The summed E-state index contributed by atoms with van der Waals surface area (Å²) in [6.07, 6.45) is 2.32. The van der Waals surface area contributed by atoms with Crippen LogP contribution in [0.15, 0.2) is 24.3 Å². The number of carboxylic acids is 1. The van der Waals surface area contributed by atoms with Crippen LogP contribution in [0.5, 0.6) is 5.75 Å². The number of aliphatic carboxylic acids is 1. The Morgan fingerprint density at radius 2 is 1.94 bits per heavy atom. The summed E-state index contributed by atoms with van der Waals surface area (Å²) in [4.78, 5) is 11.4. The molecule has 0 radical (unpaired) electrons. The van der Waals surface area contributed by atoms with Crippen LogP contribution in [0.4, 0.5) is 0 Å². The van der Waals surface area contributed by atoms with Crippen molar-refractivity contribution in [1.82, 2.24) is 0 Å². The molecule has 4 N–H and O–H groups in total. The molecule has 4 heteroatoms. The maximum absolute atomic E-state index is 11.4. The van der Waals surface area contributed by atoms with Gasteiger partial charge in [0.25, 0.3) is 0 Å². The Balaban J connectivity index is 2.32. The van der Waals surface area contributed by atoms with E-state index in [0.29, 0.717) is 19.4 Å². The highest BCUT2D eigenvalue weighted by Crippen LogP contribution is 2.51. The van der Waals surface area contributed by atoms with Crippen molar-refractivity contribution in [3.05, 3.63) is 29.8 Å². The summed E-state index contributed by atoms with van der Waals surface area (Å²) in [7, 11) is 0. The summed E-state index contributed by atoms with van der Waals surface area (Å²) in [5.74, 6) is -0.746. The van der Waals surface area contributed by atoms with Gasteiger partial charge in [-0.3, -0.25) is 4.79 Å². The van der Waals surface area contributed by atoms with Crippen LogP contribution in [0.2, 0.25) is 0 Å². The van der Waals surface area contributed by atoms with E-state index in [1.807, 2.05) is 0 Å². The Morgan fingerprint density at radius 1 is 1.35 bits per heavy atom. The highest BCUT2D eigenvalue weighted by Gasteiger charge is 2.50. The van der Waals surface area contributed by atoms with Gasteiger partial charge in [0.2, 0.25) is 0 Å². The Morgan fingerprint density at radius 3 is 2.29 bits per heavy atom. The van der Waals surface area contributed by atoms with Crippen LogP contribution in [0.25, 0.3) is 0 Å². The van der Waals surface area contributed by atoms with Gasteiger partial charge in [-0.1, -0.05) is 18.6 Å². The van der Waals surface area contributed by atoms with Crippen LogP contribution in [-0.2, 0) is 4.79 Å². The van der Waals surface area contributed by atoms with Crippen molar-refractivity contribution in [2.24, 2.45) is 11.1 Å². The largest absolute Gasteiger partial charge is 0.508 e. The number of hydrogen-bond acceptors (Lipinski definition) is 3. The van der Waals surface area contributed by atoms with Crippen molar-refractivity contribution in [1.29, 1.82) is 0 Å². The molecule has 1 aliphatic rings. The minimum atomic E-state index is -0.757. The molecule has 0 amide bonds. The Hall–Kier alpha value is -1.55. The molecule has 0 heterocycles. The maximum atomic E-state index is 11.4. The van der Waals surface area contributed by atoms with E-state index in [2.05, 4.69) is 0 Å². The monoisotopic (exact) mass is 235 g/mol. The Bertz CT molecular complexity index is 409. The minimum absolute atomic E-state index is 0.172. The van der Waals surface area contributed by atoms with Gasteiger partial charge in [-0.15, -0.1) is 0 Å². The van der Waals surface area contributed by atoms with Gasteiger partial charge in [-0.25, -0.2) is 0 Å². The number of phenols is 1. The first-order valence-corrected chi connectivity index (χ1v) is 5.82. The normalized spacial score (nSPS) is 19.4. The van der Waals surface area contributed by atoms with Crippen LogP contribution in [-0.4, -0.2) is 22.7 Å². The smallest absolute Gasteiger partial charge is 0.310 e. The fourth-order valence-electron chi connectivity index (χ4n) is 2.66. The van der Waals surface area contributed by atoms with Crippen molar-refractivity contribution in [3.63, 3.8) is 0 Å². The molecule has 1 atom stereocenters. The van der Waals surface area contributed by atoms with E-state index < -0.39 is 11.4 Å². The van der Waals surface area contributed by atoms with E-state index in [9.17, 15) is 15.0 Å². The van der Waals surface area contributed by atoms with E-state index in [4.69, 9.17) is 5.73 Å². The van der Waals surface area contributed by atoms with Crippen molar-refractivity contribution in [3.8, 4) is 5.75 Å². The van der Waals surface area contributed by atoms with E-state index >= 15 is 0 Å². The van der Waals surface area contributed by atoms with Crippen molar-refractivity contribution < 1.29 is 15.0 Å². The first kappa shape index (κ1) is 11.9. The number of nitrogens with two attached hydrogens (primary N) is 1. The van der Waals surface area contributed by atoms with Gasteiger partial charge < -0.3 is 15.9 Å². The molecule has 0 saturated heterocycles. The molecule has 2 rings (SSSR count). The summed E-state index contributed by atoms with van der Waals surface area (Å²) < 4.78 is 0. The van der Waals surface area contributed by atoms with Crippen LogP contribution in [0.3, 0.4) is 0 Å². The second-order valence-corrected chi connectivity index (χ2v) is 4.69. The lowest BCUT2D eigenvalue weighted by Crippen LogP contribution is -2.45. The van der Waals surface area contributed by atoms with E-state index in [-0.39, 0.29) is 11.7 Å². The van der Waals surface area contributed by atoms with E-state index in [0.717, 1.165) is 12.0 Å². The highest BCUT2D eigenvalue weighted by atomic mass is 16.4. The van der Waals surface area contributed by atoms with Crippen LogP contribution >= 0.6 is 0 Å². The zero-order valence-corrected chi connectivity index (χ0v) is 9.60. The molecular formula is C13H17NO3. The lowest BCUT2D eigenvalue weighted by atomic mass is 9.59. The molecule has 4 nitrogen and oxygen atoms in total. The summed E-state index contributed by atoms with van der Waals surface area (Å²) in [5, 5.41) is 18.6. The molecule has 1 saturated carbocycles. The quantitative estimate of drug-likeness (QED) is 0.741. The van der Waals surface area contributed by atoms with Gasteiger partial charge >= 0.3 is 5.97 Å². The number of aromatic hydroxyl groups is 1. The molecule has 17 heavy (non-hydrogen) atoms. The molecule has 1 aromatic carbocycles. The molecule has 0 aliphatic heterocycles. The molecule has 0 aromatic heterocycles. The minimum Gasteiger partial charge on any atom is -0.508 e. The standard InChI is InChI=1S/C13H17NO3/c14-8-11(9-2-4-10(15)5-3-9)13(12(16)17)6-1-7-13/h2-5,11,15H,1,6-8,14H2,(H,16,17). The summed E-state index contributed by atoms with van der Waals surface area (Å²) in [6, 6.07) is 6.67. The topological polar surface area (TPSA) is 83.5 Å². The van der Waals surface area contributed by atoms with Gasteiger partial charge in [0.05, 0.1) is 5.41 Å². The molecule has 92 valence electrons. The van der Waals surface area contributed by atoms with Crippen molar-refractivity contribution in [2.75, 3.05) is 6.54 Å². The highest BCUT2D eigenvalue weighted by molar-refractivity contribution is 5.77. The number of rotatable bonds is 4. The van der Waals surface area contributed by atoms with Crippen molar-refractivity contribution in [2.45, 2.75) is 25.2 Å².